The molecule has 0 spiro atoms. The van der Waals surface area contributed by atoms with Crippen LogP contribution in [0.5, 0.6) is 0 Å². The number of aryl methyl sites for hydroxylation is 1. The lowest BCUT2D eigenvalue weighted by molar-refractivity contribution is 0.112. The highest BCUT2D eigenvalue weighted by Crippen LogP contribution is 2.33. The van der Waals surface area contributed by atoms with Gasteiger partial charge in [0.25, 0.3) is 0 Å². The van der Waals surface area contributed by atoms with Crippen LogP contribution < -0.4 is 0 Å². The van der Waals surface area contributed by atoms with Crippen molar-refractivity contribution in [3.8, 4) is 10.6 Å². The molecular formula is C12H15N3OS. The lowest BCUT2D eigenvalue weighted by atomic mass is 9.90. The highest BCUT2D eigenvalue weighted by atomic mass is 32.1. The van der Waals surface area contributed by atoms with E-state index < -0.39 is 0 Å². The minimum absolute atomic E-state index is 0.0381. The van der Waals surface area contributed by atoms with Crippen LogP contribution in [0.1, 0.15) is 36.1 Å². The second-order valence-electron chi connectivity index (χ2n) is 5.00. The third-order valence-electron chi connectivity index (χ3n) is 2.41. The molecule has 0 aliphatic heterocycles. The largest absolute Gasteiger partial charge is 0.297 e. The summed E-state index contributed by atoms with van der Waals surface area (Å²) in [5.41, 5.74) is 1.98. The van der Waals surface area contributed by atoms with Crippen LogP contribution in [0.4, 0.5) is 0 Å². The van der Waals surface area contributed by atoms with Gasteiger partial charge in [0, 0.05) is 24.9 Å². The van der Waals surface area contributed by atoms with E-state index in [1.165, 1.54) is 11.3 Å². The summed E-state index contributed by atoms with van der Waals surface area (Å²) < 4.78 is 1.79. The molecule has 0 aliphatic carbocycles. The van der Waals surface area contributed by atoms with Crippen LogP contribution in [0.25, 0.3) is 10.6 Å². The van der Waals surface area contributed by atoms with E-state index in [9.17, 15) is 4.79 Å². The van der Waals surface area contributed by atoms with Gasteiger partial charge in [-0.3, -0.25) is 9.48 Å². The van der Waals surface area contributed by atoms with E-state index in [4.69, 9.17) is 0 Å². The number of carbonyl (C=O) groups excluding carboxylic acids is 1. The number of hydrogen-bond acceptors (Lipinski definition) is 4. The molecule has 0 radical (unpaired) electrons. The number of aromatic nitrogens is 3. The zero-order chi connectivity index (χ0) is 12.6. The molecule has 0 unspecified atom stereocenters. The molecule has 0 aromatic carbocycles. The van der Waals surface area contributed by atoms with Gasteiger partial charge in [0.05, 0.1) is 16.1 Å². The zero-order valence-electron chi connectivity index (χ0n) is 10.4. The standard InChI is InChI=1S/C12H15N3OS/c1-12(2,3)10-9(6-15(4)14-10)11-13-5-8(7-16)17-11/h5-7H,1-4H3. The van der Waals surface area contributed by atoms with E-state index in [0.29, 0.717) is 4.88 Å². The van der Waals surface area contributed by atoms with E-state index in [1.54, 1.807) is 10.9 Å². The van der Waals surface area contributed by atoms with Crippen LogP contribution in [0.3, 0.4) is 0 Å². The van der Waals surface area contributed by atoms with Gasteiger partial charge < -0.3 is 0 Å². The molecule has 0 N–H and O–H groups in total. The Bertz CT molecular complexity index is 548. The van der Waals surface area contributed by atoms with Crippen molar-refractivity contribution in [1.29, 1.82) is 0 Å². The Morgan fingerprint density at radius 1 is 1.41 bits per heavy atom. The highest BCUT2D eigenvalue weighted by molar-refractivity contribution is 7.16. The molecule has 0 atom stereocenters. The molecule has 2 heterocycles. The lowest BCUT2D eigenvalue weighted by Gasteiger charge is -2.16. The van der Waals surface area contributed by atoms with Crippen molar-refractivity contribution in [3.05, 3.63) is 23.0 Å². The second-order valence-corrected chi connectivity index (χ2v) is 6.06. The number of carbonyl (C=O) groups is 1. The van der Waals surface area contributed by atoms with Crippen molar-refractivity contribution < 1.29 is 4.79 Å². The highest BCUT2D eigenvalue weighted by Gasteiger charge is 2.24. The molecular weight excluding hydrogens is 234 g/mol. The van der Waals surface area contributed by atoms with Gasteiger partial charge in [0.15, 0.2) is 6.29 Å². The number of rotatable bonds is 2. The topological polar surface area (TPSA) is 47.8 Å². The molecule has 0 saturated heterocycles. The Hall–Kier alpha value is -1.49. The predicted octanol–water partition coefficient (Wildman–Crippen LogP) is 2.65. The normalized spacial score (nSPS) is 11.8. The molecule has 4 nitrogen and oxygen atoms in total. The fourth-order valence-electron chi connectivity index (χ4n) is 1.66. The van der Waals surface area contributed by atoms with Gasteiger partial charge in [0.2, 0.25) is 0 Å². The van der Waals surface area contributed by atoms with Crippen LogP contribution >= 0.6 is 11.3 Å². The lowest BCUT2D eigenvalue weighted by Crippen LogP contribution is -2.13. The maximum atomic E-state index is 10.7. The van der Waals surface area contributed by atoms with E-state index in [1.807, 2.05) is 13.2 Å². The molecule has 2 aromatic rings. The summed E-state index contributed by atoms with van der Waals surface area (Å²) in [7, 11) is 1.90. The van der Waals surface area contributed by atoms with Gasteiger partial charge >= 0.3 is 0 Å². The van der Waals surface area contributed by atoms with Gasteiger partial charge in [-0.15, -0.1) is 11.3 Å². The van der Waals surface area contributed by atoms with Gasteiger partial charge in [0.1, 0.15) is 5.01 Å². The van der Waals surface area contributed by atoms with Crippen LogP contribution in [-0.4, -0.2) is 21.1 Å². The summed E-state index contributed by atoms with van der Waals surface area (Å²) in [6.07, 6.45) is 4.38. The second kappa shape index (κ2) is 4.07. The zero-order valence-corrected chi connectivity index (χ0v) is 11.2. The smallest absolute Gasteiger partial charge is 0.161 e. The SMILES string of the molecule is Cn1cc(-c2ncc(C=O)s2)c(C(C)(C)C)n1. The molecule has 17 heavy (non-hydrogen) atoms. The third-order valence-corrected chi connectivity index (χ3v) is 3.37. The van der Waals surface area contributed by atoms with Crippen molar-refractivity contribution in [2.45, 2.75) is 26.2 Å². The van der Waals surface area contributed by atoms with Crippen LogP contribution in [0.2, 0.25) is 0 Å². The maximum Gasteiger partial charge on any atom is 0.161 e. The number of nitrogens with zero attached hydrogens (tertiary/aromatic N) is 3. The molecule has 2 aromatic heterocycles. The first-order chi connectivity index (χ1) is 7.91. The fourth-order valence-corrected chi connectivity index (χ4v) is 2.41. The van der Waals surface area contributed by atoms with Gasteiger partial charge in [-0.1, -0.05) is 20.8 Å². The van der Waals surface area contributed by atoms with Crippen LogP contribution in [0.15, 0.2) is 12.4 Å². The van der Waals surface area contributed by atoms with E-state index in [2.05, 4.69) is 30.9 Å². The first kappa shape index (κ1) is 12.0. The Kier molecular flexibility index (Phi) is 2.87. The van der Waals surface area contributed by atoms with Crippen LogP contribution in [-0.2, 0) is 12.5 Å². The van der Waals surface area contributed by atoms with Crippen LogP contribution in [0, 0.1) is 0 Å². The van der Waals surface area contributed by atoms with Crippen molar-refractivity contribution in [1.82, 2.24) is 14.8 Å². The molecule has 2 rings (SSSR count). The maximum absolute atomic E-state index is 10.7. The minimum atomic E-state index is -0.0381. The first-order valence-electron chi connectivity index (χ1n) is 5.37. The fraction of sp³-hybridized carbons (Fsp3) is 0.417. The first-order valence-corrected chi connectivity index (χ1v) is 6.19. The van der Waals surface area contributed by atoms with Gasteiger partial charge in [-0.25, -0.2) is 4.98 Å². The van der Waals surface area contributed by atoms with Crippen molar-refractivity contribution >= 4 is 17.6 Å². The number of aldehydes is 1. The molecule has 0 amide bonds. The summed E-state index contributed by atoms with van der Waals surface area (Å²) in [4.78, 5) is 15.6. The quantitative estimate of drug-likeness (QED) is 0.769. The summed E-state index contributed by atoms with van der Waals surface area (Å²) in [6, 6.07) is 0. The van der Waals surface area contributed by atoms with Crippen molar-refractivity contribution in [2.24, 2.45) is 7.05 Å². The average molecular weight is 249 g/mol. The van der Waals surface area contributed by atoms with Crippen molar-refractivity contribution in [2.75, 3.05) is 0 Å². The molecule has 0 bridgehead atoms. The van der Waals surface area contributed by atoms with Gasteiger partial charge in [-0.2, -0.15) is 5.10 Å². The molecule has 5 heteroatoms. The Morgan fingerprint density at radius 3 is 2.65 bits per heavy atom. The summed E-state index contributed by atoms with van der Waals surface area (Å²) in [5.74, 6) is 0. The number of thiazole rings is 1. The Balaban J connectivity index is 2.55. The van der Waals surface area contributed by atoms with E-state index in [-0.39, 0.29) is 5.41 Å². The van der Waals surface area contributed by atoms with Gasteiger partial charge in [-0.05, 0) is 0 Å². The summed E-state index contributed by atoms with van der Waals surface area (Å²) in [5, 5.41) is 5.34. The Morgan fingerprint density at radius 2 is 2.12 bits per heavy atom. The minimum Gasteiger partial charge on any atom is -0.297 e. The molecule has 0 saturated carbocycles. The van der Waals surface area contributed by atoms with E-state index in [0.717, 1.165) is 22.6 Å². The Labute approximate surface area is 104 Å². The average Bonchev–Trinajstić information content (AvgIpc) is 2.81. The third kappa shape index (κ3) is 2.29. The molecule has 90 valence electrons. The van der Waals surface area contributed by atoms with Crippen molar-refractivity contribution in [3.63, 3.8) is 0 Å². The predicted molar refractivity (Wildman–Crippen MR) is 68.4 cm³/mol. The molecule has 0 aliphatic rings. The molecule has 0 fully saturated rings. The summed E-state index contributed by atoms with van der Waals surface area (Å²) >= 11 is 1.40. The van der Waals surface area contributed by atoms with E-state index >= 15 is 0 Å². The monoisotopic (exact) mass is 249 g/mol. The summed E-state index contributed by atoms with van der Waals surface area (Å²) in [6.45, 7) is 6.35. The number of hydrogen-bond donors (Lipinski definition) is 0.